The molecule has 1 aromatic carbocycles. The van der Waals surface area contributed by atoms with Crippen molar-refractivity contribution in [1.82, 2.24) is 4.57 Å². The summed E-state index contributed by atoms with van der Waals surface area (Å²) in [5, 5.41) is 9.96. The SMILES string of the molecule is NC(=O)c1ccc(-n2ccc3c2CCCC3O)cc1. The number of nitrogens with zero attached hydrogens (tertiary/aromatic N) is 1. The van der Waals surface area contributed by atoms with Crippen molar-refractivity contribution >= 4 is 5.91 Å². The van der Waals surface area contributed by atoms with Crippen molar-refractivity contribution in [3.8, 4) is 5.69 Å². The number of hydrogen-bond donors (Lipinski definition) is 2. The molecule has 1 amide bonds. The van der Waals surface area contributed by atoms with E-state index in [1.54, 1.807) is 12.1 Å². The van der Waals surface area contributed by atoms with Gasteiger partial charge in [0.1, 0.15) is 0 Å². The summed E-state index contributed by atoms with van der Waals surface area (Å²) in [5.74, 6) is -0.420. The zero-order chi connectivity index (χ0) is 13.4. The third-order valence-corrected chi connectivity index (χ3v) is 3.71. The van der Waals surface area contributed by atoms with Crippen LogP contribution in [0, 0.1) is 0 Å². The van der Waals surface area contributed by atoms with Crippen LogP contribution in [0.4, 0.5) is 0 Å². The van der Waals surface area contributed by atoms with Gasteiger partial charge >= 0.3 is 0 Å². The summed E-state index contributed by atoms with van der Waals surface area (Å²) in [6, 6.07) is 9.18. The lowest BCUT2D eigenvalue weighted by atomic mass is 9.95. The average molecular weight is 256 g/mol. The van der Waals surface area contributed by atoms with Gasteiger partial charge in [0, 0.05) is 28.7 Å². The van der Waals surface area contributed by atoms with Gasteiger partial charge in [0.2, 0.25) is 5.91 Å². The summed E-state index contributed by atoms with van der Waals surface area (Å²) >= 11 is 0. The standard InChI is InChI=1S/C15H16N2O2/c16-15(19)10-4-6-11(7-5-10)17-9-8-12-13(17)2-1-3-14(12)18/h4-9,14,18H,1-3H2,(H2,16,19). The lowest BCUT2D eigenvalue weighted by molar-refractivity contribution is 0.100. The van der Waals surface area contributed by atoms with Gasteiger partial charge in [0.15, 0.2) is 0 Å². The van der Waals surface area contributed by atoms with Crippen LogP contribution in [0.15, 0.2) is 36.5 Å². The Morgan fingerprint density at radius 3 is 2.68 bits per heavy atom. The summed E-state index contributed by atoms with van der Waals surface area (Å²) in [5.41, 5.74) is 8.90. The average Bonchev–Trinajstić information content (AvgIpc) is 2.84. The predicted molar refractivity (Wildman–Crippen MR) is 72.2 cm³/mol. The molecule has 1 aliphatic carbocycles. The summed E-state index contributed by atoms with van der Waals surface area (Å²) in [6.45, 7) is 0. The Bertz CT molecular complexity index is 614. The van der Waals surface area contributed by atoms with Crippen LogP contribution in [-0.2, 0) is 6.42 Å². The van der Waals surface area contributed by atoms with Crippen LogP contribution in [0.25, 0.3) is 5.69 Å². The number of nitrogens with two attached hydrogens (primary N) is 1. The maximum Gasteiger partial charge on any atom is 0.248 e. The van der Waals surface area contributed by atoms with Crippen LogP contribution in [-0.4, -0.2) is 15.6 Å². The Morgan fingerprint density at radius 1 is 1.26 bits per heavy atom. The molecule has 0 saturated heterocycles. The van der Waals surface area contributed by atoms with Crippen LogP contribution in [0.2, 0.25) is 0 Å². The Labute approximate surface area is 111 Å². The molecule has 3 rings (SSSR count). The Hall–Kier alpha value is -2.07. The Balaban J connectivity index is 2.01. The van der Waals surface area contributed by atoms with Gasteiger partial charge in [0.25, 0.3) is 0 Å². The summed E-state index contributed by atoms with van der Waals surface area (Å²) in [4.78, 5) is 11.1. The Kier molecular flexibility index (Phi) is 2.87. The number of amides is 1. The zero-order valence-corrected chi connectivity index (χ0v) is 10.5. The number of aliphatic hydroxyl groups excluding tert-OH is 1. The normalized spacial score (nSPS) is 18.1. The first-order valence-electron chi connectivity index (χ1n) is 6.45. The molecule has 4 nitrogen and oxygen atoms in total. The third-order valence-electron chi connectivity index (χ3n) is 3.71. The van der Waals surface area contributed by atoms with E-state index in [2.05, 4.69) is 4.57 Å². The minimum absolute atomic E-state index is 0.352. The van der Waals surface area contributed by atoms with Gasteiger partial charge in [-0.3, -0.25) is 4.79 Å². The van der Waals surface area contributed by atoms with Gasteiger partial charge in [-0.15, -0.1) is 0 Å². The molecule has 1 heterocycles. The summed E-state index contributed by atoms with van der Waals surface area (Å²) < 4.78 is 2.07. The zero-order valence-electron chi connectivity index (χ0n) is 10.5. The molecule has 4 heteroatoms. The molecule has 98 valence electrons. The molecular formula is C15H16N2O2. The second-order valence-corrected chi connectivity index (χ2v) is 4.91. The van der Waals surface area contributed by atoms with Crippen LogP contribution >= 0.6 is 0 Å². The predicted octanol–water partition coefficient (Wildman–Crippen LogP) is 1.95. The van der Waals surface area contributed by atoms with E-state index in [1.165, 1.54) is 0 Å². The van der Waals surface area contributed by atoms with Crippen LogP contribution in [0.5, 0.6) is 0 Å². The van der Waals surface area contributed by atoms with E-state index in [9.17, 15) is 9.90 Å². The maximum atomic E-state index is 11.1. The molecule has 2 aromatic rings. The quantitative estimate of drug-likeness (QED) is 0.862. The highest BCUT2D eigenvalue weighted by Crippen LogP contribution is 2.31. The second kappa shape index (κ2) is 4.55. The largest absolute Gasteiger partial charge is 0.388 e. The van der Waals surface area contributed by atoms with Gasteiger partial charge in [0.05, 0.1) is 6.10 Å². The number of aromatic nitrogens is 1. The van der Waals surface area contributed by atoms with Gasteiger partial charge in [-0.25, -0.2) is 0 Å². The molecule has 19 heavy (non-hydrogen) atoms. The van der Waals surface area contributed by atoms with Crippen LogP contribution in [0.1, 0.15) is 40.6 Å². The van der Waals surface area contributed by atoms with Crippen molar-refractivity contribution in [2.45, 2.75) is 25.4 Å². The number of aliphatic hydroxyl groups is 1. The number of primary amides is 1. The highest BCUT2D eigenvalue weighted by Gasteiger charge is 2.21. The molecule has 1 aromatic heterocycles. The molecule has 3 N–H and O–H groups in total. The van der Waals surface area contributed by atoms with Crippen molar-refractivity contribution < 1.29 is 9.90 Å². The minimum Gasteiger partial charge on any atom is -0.388 e. The molecular weight excluding hydrogens is 240 g/mol. The molecule has 0 radical (unpaired) electrons. The highest BCUT2D eigenvalue weighted by atomic mass is 16.3. The number of benzene rings is 1. The van der Waals surface area contributed by atoms with Crippen molar-refractivity contribution in [2.24, 2.45) is 5.73 Å². The van der Waals surface area contributed by atoms with E-state index >= 15 is 0 Å². The van der Waals surface area contributed by atoms with Crippen molar-refractivity contribution in [1.29, 1.82) is 0 Å². The molecule has 0 fully saturated rings. The topological polar surface area (TPSA) is 68.2 Å². The first-order chi connectivity index (χ1) is 9.16. The van der Waals surface area contributed by atoms with E-state index in [0.29, 0.717) is 5.56 Å². The van der Waals surface area contributed by atoms with Crippen molar-refractivity contribution in [3.63, 3.8) is 0 Å². The number of fused-ring (bicyclic) bond motifs is 1. The van der Waals surface area contributed by atoms with Gasteiger partial charge < -0.3 is 15.4 Å². The number of carbonyl (C=O) groups is 1. The van der Waals surface area contributed by atoms with Crippen molar-refractivity contribution in [3.05, 3.63) is 53.3 Å². The second-order valence-electron chi connectivity index (χ2n) is 4.91. The number of hydrogen-bond acceptors (Lipinski definition) is 2. The van der Waals surface area contributed by atoms with E-state index < -0.39 is 5.91 Å². The van der Waals surface area contributed by atoms with Gasteiger partial charge in [-0.05, 0) is 49.6 Å². The van der Waals surface area contributed by atoms with E-state index in [4.69, 9.17) is 5.73 Å². The molecule has 0 bridgehead atoms. The van der Waals surface area contributed by atoms with E-state index in [1.807, 2.05) is 24.4 Å². The monoisotopic (exact) mass is 256 g/mol. The number of rotatable bonds is 2. The Morgan fingerprint density at radius 2 is 2.00 bits per heavy atom. The molecule has 0 saturated carbocycles. The molecule has 1 aliphatic rings. The van der Waals surface area contributed by atoms with Crippen LogP contribution in [0.3, 0.4) is 0 Å². The summed E-state index contributed by atoms with van der Waals surface area (Å²) in [6.07, 6.45) is 4.42. The highest BCUT2D eigenvalue weighted by molar-refractivity contribution is 5.92. The first kappa shape index (κ1) is 12.0. The first-order valence-corrected chi connectivity index (χ1v) is 6.45. The van der Waals surface area contributed by atoms with Gasteiger partial charge in [-0.1, -0.05) is 0 Å². The fraction of sp³-hybridized carbons (Fsp3) is 0.267. The fourth-order valence-corrected chi connectivity index (χ4v) is 2.69. The number of carbonyl (C=O) groups excluding carboxylic acids is 1. The molecule has 0 aliphatic heterocycles. The van der Waals surface area contributed by atoms with Crippen LogP contribution < -0.4 is 5.73 Å². The van der Waals surface area contributed by atoms with Gasteiger partial charge in [-0.2, -0.15) is 0 Å². The minimum atomic E-state index is -0.420. The van der Waals surface area contributed by atoms with E-state index in [0.717, 1.165) is 36.2 Å². The lowest BCUT2D eigenvalue weighted by Crippen LogP contribution is -2.12. The van der Waals surface area contributed by atoms with Crippen molar-refractivity contribution in [2.75, 3.05) is 0 Å². The lowest BCUT2D eigenvalue weighted by Gasteiger charge is -2.20. The fourth-order valence-electron chi connectivity index (χ4n) is 2.69. The maximum absolute atomic E-state index is 11.1. The molecule has 1 unspecified atom stereocenters. The summed E-state index contributed by atoms with van der Waals surface area (Å²) in [7, 11) is 0. The molecule has 0 spiro atoms. The molecule has 1 atom stereocenters. The van der Waals surface area contributed by atoms with E-state index in [-0.39, 0.29) is 6.10 Å². The third kappa shape index (κ3) is 2.04. The smallest absolute Gasteiger partial charge is 0.248 e.